The number of halogens is 2. The lowest BCUT2D eigenvalue weighted by atomic mass is 9.82. The Morgan fingerprint density at radius 2 is 1.03 bits per heavy atom. The van der Waals surface area contributed by atoms with Gasteiger partial charge in [-0.15, -0.1) is 0 Å². The number of esters is 4. The van der Waals surface area contributed by atoms with Crippen LogP contribution >= 0.6 is 23.2 Å². The summed E-state index contributed by atoms with van der Waals surface area (Å²) in [5.74, 6) is -2.38. The molecule has 0 atom stereocenters. The van der Waals surface area contributed by atoms with Gasteiger partial charge in [-0.3, -0.25) is 9.59 Å². The van der Waals surface area contributed by atoms with E-state index in [0.717, 1.165) is 12.2 Å². The minimum Gasteiger partial charge on any atom is -0.425 e. The third kappa shape index (κ3) is 7.19. The number of hydrogen-bond donors (Lipinski definition) is 0. The van der Waals surface area contributed by atoms with E-state index < -0.39 is 35.7 Å². The van der Waals surface area contributed by atoms with Gasteiger partial charge in [-0.05, 0) is 49.9 Å². The van der Waals surface area contributed by atoms with Crippen molar-refractivity contribution >= 4 is 47.1 Å². The average molecular weight is 533 g/mol. The van der Waals surface area contributed by atoms with Crippen molar-refractivity contribution in [2.45, 2.75) is 25.7 Å². The lowest BCUT2D eigenvalue weighted by molar-refractivity contribution is -0.145. The van der Waals surface area contributed by atoms with Crippen LogP contribution in [-0.4, -0.2) is 23.9 Å². The molecular weight excluding hydrogens is 511 g/mol. The highest BCUT2D eigenvalue weighted by Crippen LogP contribution is 2.35. The Labute approximate surface area is 217 Å². The van der Waals surface area contributed by atoms with Crippen molar-refractivity contribution in [3.05, 3.63) is 71.8 Å². The van der Waals surface area contributed by atoms with E-state index in [1.165, 1.54) is 36.4 Å². The molecule has 0 spiro atoms. The summed E-state index contributed by atoms with van der Waals surface area (Å²) in [4.78, 5) is 47.8. The summed E-state index contributed by atoms with van der Waals surface area (Å²) in [5, 5.41) is 0.217. The molecule has 10 heteroatoms. The van der Waals surface area contributed by atoms with Crippen molar-refractivity contribution in [1.29, 1.82) is 0 Å². The Morgan fingerprint density at radius 1 is 0.667 bits per heavy atom. The maximum Gasteiger partial charge on any atom is 0.335 e. The Hall–Kier alpha value is -3.62. The highest BCUT2D eigenvalue weighted by molar-refractivity contribution is 6.32. The van der Waals surface area contributed by atoms with Crippen molar-refractivity contribution in [1.82, 2.24) is 0 Å². The van der Waals surface area contributed by atoms with Gasteiger partial charge in [0.05, 0.1) is 21.9 Å². The number of hydrogen-bond acceptors (Lipinski definition) is 8. The van der Waals surface area contributed by atoms with Crippen LogP contribution in [0.1, 0.15) is 25.7 Å². The van der Waals surface area contributed by atoms with Gasteiger partial charge >= 0.3 is 23.9 Å². The van der Waals surface area contributed by atoms with E-state index in [2.05, 4.69) is 13.2 Å². The Bertz CT molecular complexity index is 1100. The molecule has 0 amide bonds. The summed E-state index contributed by atoms with van der Waals surface area (Å²) in [6, 6.07) is 8.48. The Kier molecular flexibility index (Phi) is 9.27. The fourth-order valence-electron chi connectivity index (χ4n) is 3.52. The van der Waals surface area contributed by atoms with Crippen molar-refractivity contribution < 1.29 is 38.1 Å². The second-order valence-electron chi connectivity index (χ2n) is 7.83. The SMILES string of the molecule is C=CC(=O)Oc1ccc(OC(=O)C2CCC(C(=O)Oc3ccc(OC(=O)C=C)cc3Cl)CC2)c(Cl)c1. The molecule has 0 N–H and O–H groups in total. The van der Waals surface area contributed by atoms with Crippen LogP contribution in [-0.2, 0) is 19.2 Å². The topological polar surface area (TPSA) is 105 Å². The zero-order chi connectivity index (χ0) is 26.2. The first-order valence-corrected chi connectivity index (χ1v) is 11.7. The smallest absolute Gasteiger partial charge is 0.335 e. The monoisotopic (exact) mass is 532 g/mol. The minimum absolute atomic E-state index is 0.108. The zero-order valence-corrected chi connectivity index (χ0v) is 20.5. The van der Waals surface area contributed by atoms with E-state index in [1.807, 2.05) is 0 Å². The van der Waals surface area contributed by atoms with Crippen LogP contribution in [0, 0.1) is 11.8 Å². The number of carbonyl (C=O) groups is 4. The largest absolute Gasteiger partial charge is 0.425 e. The van der Waals surface area contributed by atoms with E-state index in [9.17, 15) is 19.2 Å². The fourth-order valence-corrected chi connectivity index (χ4v) is 3.94. The summed E-state index contributed by atoms with van der Waals surface area (Å²) in [5.41, 5.74) is 0. The van der Waals surface area contributed by atoms with Gasteiger partial charge in [-0.2, -0.15) is 0 Å². The third-order valence-corrected chi connectivity index (χ3v) is 5.98. The van der Waals surface area contributed by atoms with Gasteiger partial charge < -0.3 is 18.9 Å². The van der Waals surface area contributed by atoms with Gasteiger partial charge in [-0.1, -0.05) is 36.4 Å². The van der Waals surface area contributed by atoms with Crippen LogP contribution in [0.4, 0.5) is 0 Å². The molecule has 188 valence electrons. The molecule has 0 heterocycles. The quantitative estimate of drug-likeness (QED) is 0.249. The molecule has 0 saturated heterocycles. The molecule has 8 nitrogen and oxygen atoms in total. The molecule has 2 aromatic carbocycles. The molecule has 1 aliphatic rings. The molecule has 0 aliphatic heterocycles. The van der Waals surface area contributed by atoms with E-state index >= 15 is 0 Å². The molecule has 0 radical (unpaired) electrons. The van der Waals surface area contributed by atoms with Crippen molar-refractivity contribution in [3.63, 3.8) is 0 Å². The third-order valence-electron chi connectivity index (χ3n) is 5.39. The summed E-state index contributed by atoms with van der Waals surface area (Å²) in [6.07, 6.45) is 3.74. The number of ether oxygens (including phenoxy) is 4. The maximum atomic E-state index is 12.6. The molecular formula is C26H22Cl2O8. The maximum absolute atomic E-state index is 12.6. The molecule has 0 aromatic heterocycles. The number of benzene rings is 2. The van der Waals surface area contributed by atoms with Gasteiger partial charge in [0.2, 0.25) is 0 Å². The van der Waals surface area contributed by atoms with Crippen LogP contribution in [0.2, 0.25) is 10.0 Å². The predicted octanol–water partition coefficient (Wildman–Crippen LogP) is 5.49. The zero-order valence-electron chi connectivity index (χ0n) is 19.0. The molecule has 0 bridgehead atoms. The lowest BCUT2D eigenvalue weighted by Crippen LogP contribution is -2.30. The Balaban J connectivity index is 1.51. The van der Waals surface area contributed by atoms with E-state index in [4.69, 9.17) is 42.1 Å². The van der Waals surface area contributed by atoms with Crippen LogP contribution in [0.15, 0.2) is 61.7 Å². The van der Waals surface area contributed by atoms with Gasteiger partial charge in [0.25, 0.3) is 0 Å². The Morgan fingerprint density at radius 3 is 1.33 bits per heavy atom. The summed E-state index contributed by atoms with van der Waals surface area (Å²) < 4.78 is 20.8. The second kappa shape index (κ2) is 12.4. The molecule has 1 fully saturated rings. The number of rotatable bonds is 8. The van der Waals surface area contributed by atoms with E-state index in [-0.39, 0.29) is 33.0 Å². The first kappa shape index (κ1) is 27.0. The van der Waals surface area contributed by atoms with Gasteiger partial charge in [0.15, 0.2) is 0 Å². The molecule has 0 unspecified atom stereocenters. The molecule has 36 heavy (non-hydrogen) atoms. The van der Waals surface area contributed by atoms with Crippen LogP contribution < -0.4 is 18.9 Å². The van der Waals surface area contributed by atoms with Crippen molar-refractivity contribution in [2.75, 3.05) is 0 Å². The minimum atomic E-state index is -0.639. The van der Waals surface area contributed by atoms with Crippen molar-refractivity contribution in [2.24, 2.45) is 11.8 Å². The van der Waals surface area contributed by atoms with Crippen LogP contribution in [0.3, 0.4) is 0 Å². The highest BCUT2D eigenvalue weighted by Gasteiger charge is 2.32. The van der Waals surface area contributed by atoms with Crippen molar-refractivity contribution in [3.8, 4) is 23.0 Å². The highest BCUT2D eigenvalue weighted by atomic mass is 35.5. The average Bonchev–Trinajstić information content (AvgIpc) is 2.87. The summed E-state index contributed by atoms with van der Waals surface area (Å²) in [6.45, 7) is 6.63. The first-order valence-electron chi connectivity index (χ1n) is 10.9. The molecule has 3 rings (SSSR count). The molecule has 1 saturated carbocycles. The number of carbonyl (C=O) groups excluding carboxylic acids is 4. The molecule has 2 aromatic rings. The molecule has 1 aliphatic carbocycles. The van der Waals surface area contributed by atoms with Gasteiger partial charge in [-0.25, -0.2) is 9.59 Å². The fraction of sp³-hybridized carbons (Fsp3) is 0.231. The van der Waals surface area contributed by atoms with Gasteiger partial charge in [0, 0.05) is 24.3 Å². The summed E-state index contributed by atoms with van der Waals surface area (Å²) >= 11 is 12.3. The summed E-state index contributed by atoms with van der Waals surface area (Å²) in [7, 11) is 0. The van der Waals surface area contributed by atoms with E-state index in [0.29, 0.717) is 25.7 Å². The first-order chi connectivity index (χ1) is 17.2. The second-order valence-corrected chi connectivity index (χ2v) is 8.64. The van der Waals surface area contributed by atoms with Crippen LogP contribution in [0.5, 0.6) is 23.0 Å². The van der Waals surface area contributed by atoms with Crippen LogP contribution in [0.25, 0.3) is 0 Å². The van der Waals surface area contributed by atoms with E-state index in [1.54, 1.807) is 0 Å². The predicted molar refractivity (Wildman–Crippen MR) is 131 cm³/mol. The standard InChI is InChI=1S/C26H22Cl2O8/c1-3-23(29)33-17-9-11-21(19(27)13-17)35-25(31)15-5-7-16(8-6-15)26(32)36-22-12-10-18(14-20(22)28)34-24(30)4-2/h3-4,9-16H,1-2,5-8H2. The lowest BCUT2D eigenvalue weighted by Gasteiger charge is -2.26. The normalized spacial score (nSPS) is 16.8. The van der Waals surface area contributed by atoms with Gasteiger partial charge in [0.1, 0.15) is 23.0 Å².